The number of rotatable bonds is 4. The topological polar surface area (TPSA) is 73.1 Å². The Morgan fingerprint density at radius 2 is 2.28 bits per heavy atom. The van der Waals surface area contributed by atoms with Gasteiger partial charge in [0.25, 0.3) is 0 Å². The fourth-order valence-electron chi connectivity index (χ4n) is 2.02. The first-order valence-corrected chi connectivity index (χ1v) is 5.74. The fourth-order valence-corrected chi connectivity index (χ4v) is 2.02. The molecule has 4 nitrogen and oxygen atoms in total. The molecule has 18 heavy (non-hydrogen) atoms. The number of hydrogen-bond acceptors (Lipinski definition) is 3. The van der Waals surface area contributed by atoms with Gasteiger partial charge in [-0.1, -0.05) is 6.07 Å². The van der Waals surface area contributed by atoms with Crippen LogP contribution in [0.5, 0.6) is 0 Å². The highest BCUT2D eigenvalue weighted by atomic mass is 19.1. The molecule has 0 saturated heterocycles. The molecule has 5 heteroatoms. The highest BCUT2D eigenvalue weighted by Gasteiger charge is 2.43. The van der Waals surface area contributed by atoms with Gasteiger partial charge in [0.15, 0.2) is 0 Å². The van der Waals surface area contributed by atoms with E-state index in [1.54, 1.807) is 0 Å². The summed E-state index contributed by atoms with van der Waals surface area (Å²) in [5, 5.41) is 20.6. The molecule has 0 spiro atoms. The molecule has 0 heterocycles. The molecule has 0 unspecified atom stereocenters. The molecule has 1 aliphatic rings. The number of carboxylic acid groups (broad SMARTS) is 1. The van der Waals surface area contributed by atoms with E-state index in [4.69, 9.17) is 10.4 Å². The number of carbonyl (C=O) groups is 1. The number of hydrogen-bond donors (Lipinski definition) is 2. The van der Waals surface area contributed by atoms with E-state index in [1.165, 1.54) is 12.1 Å². The summed E-state index contributed by atoms with van der Waals surface area (Å²) in [5.41, 5.74) is -0.269. The van der Waals surface area contributed by atoms with E-state index < -0.39 is 17.3 Å². The summed E-state index contributed by atoms with van der Waals surface area (Å²) in [6.45, 7) is 0.157. The second-order valence-electron chi connectivity index (χ2n) is 4.51. The molecular weight excluding hydrogens is 235 g/mol. The van der Waals surface area contributed by atoms with Gasteiger partial charge >= 0.3 is 5.97 Å². The SMILES string of the molecule is N#Cc1ccc(CNC2(C(=O)O)CCC2)c(F)c1. The summed E-state index contributed by atoms with van der Waals surface area (Å²) in [6.07, 6.45) is 2.01. The van der Waals surface area contributed by atoms with Gasteiger partial charge in [0.2, 0.25) is 0 Å². The molecule has 0 aromatic heterocycles. The lowest BCUT2D eigenvalue weighted by molar-refractivity contribution is -0.148. The van der Waals surface area contributed by atoms with Crippen LogP contribution in [-0.4, -0.2) is 16.6 Å². The normalized spacial score (nSPS) is 16.7. The Kier molecular flexibility index (Phi) is 3.30. The molecule has 1 aliphatic carbocycles. The molecule has 1 saturated carbocycles. The van der Waals surface area contributed by atoms with Gasteiger partial charge in [-0.05, 0) is 31.4 Å². The van der Waals surface area contributed by atoms with Crippen molar-refractivity contribution in [1.82, 2.24) is 5.32 Å². The predicted molar refractivity (Wildman–Crippen MR) is 62.2 cm³/mol. The molecule has 0 amide bonds. The minimum absolute atomic E-state index is 0.157. The van der Waals surface area contributed by atoms with E-state index in [9.17, 15) is 9.18 Å². The van der Waals surface area contributed by atoms with Crippen LogP contribution in [0.3, 0.4) is 0 Å². The van der Waals surface area contributed by atoms with E-state index in [0.29, 0.717) is 18.4 Å². The third-order valence-electron chi connectivity index (χ3n) is 3.42. The number of nitriles is 1. The lowest BCUT2D eigenvalue weighted by Crippen LogP contribution is -2.56. The van der Waals surface area contributed by atoms with Crippen LogP contribution in [0.15, 0.2) is 18.2 Å². The number of nitrogens with one attached hydrogen (secondary N) is 1. The quantitative estimate of drug-likeness (QED) is 0.852. The molecule has 1 fully saturated rings. The van der Waals surface area contributed by atoms with Gasteiger partial charge in [0, 0.05) is 12.1 Å². The second-order valence-corrected chi connectivity index (χ2v) is 4.51. The standard InChI is InChI=1S/C13H13FN2O2/c14-11-6-9(7-15)2-3-10(11)8-16-13(12(17)18)4-1-5-13/h2-3,6,16H,1,4-5,8H2,(H,17,18). The minimum atomic E-state index is -0.902. The molecule has 1 aromatic rings. The zero-order valence-electron chi connectivity index (χ0n) is 9.74. The lowest BCUT2D eigenvalue weighted by Gasteiger charge is -2.38. The largest absolute Gasteiger partial charge is 0.480 e. The average Bonchev–Trinajstić information content (AvgIpc) is 2.28. The number of benzene rings is 1. The number of aliphatic carboxylic acids is 1. The molecule has 0 bridgehead atoms. The molecule has 0 atom stereocenters. The summed E-state index contributed by atoms with van der Waals surface area (Å²) >= 11 is 0. The zero-order chi connectivity index (χ0) is 13.2. The van der Waals surface area contributed by atoms with Gasteiger partial charge in [0.05, 0.1) is 11.6 Å². The summed E-state index contributed by atoms with van der Waals surface area (Å²) in [6, 6.07) is 6.04. The maximum atomic E-state index is 13.6. The zero-order valence-corrected chi connectivity index (χ0v) is 9.74. The van der Waals surface area contributed by atoms with Crippen LogP contribution < -0.4 is 5.32 Å². The molecule has 2 rings (SSSR count). The van der Waals surface area contributed by atoms with Gasteiger partial charge in [0.1, 0.15) is 11.4 Å². The first-order chi connectivity index (χ1) is 8.57. The molecule has 0 aliphatic heterocycles. The molecular formula is C13H13FN2O2. The van der Waals surface area contributed by atoms with Crippen molar-refractivity contribution in [2.45, 2.75) is 31.3 Å². The van der Waals surface area contributed by atoms with Gasteiger partial charge in [-0.25, -0.2) is 4.39 Å². The number of nitrogens with zero attached hydrogens (tertiary/aromatic N) is 1. The first-order valence-electron chi connectivity index (χ1n) is 5.74. The van der Waals surface area contributed by atoms with Crippen molar-refractivity contribution in [3.05, 3.63) is 35.1 Å². The lowest BCUT2D eigenvalue weighted by atomic mass is 9.76. The second kappa shape index (κ2) is 4.75. The Morgan fingerprint density at radius 3 is 2.72 bits per heavy atom. The first kappa shape index (κ1) is 12.5. The highest BCUT2D eigenvalue weighted by Crippen LogP contribution is 2.32. The summed E-state index contributed by atoms with van der Waals surface area (Å²) in [4.78, 5) is 11.1. The van der Waals surface area contributed by atoms with Crippen molar-refractivity contribution in [2.24, 2.45) is 0 Å². The minimum Gasteiger partial charge on any atom is -0.480 e. The van der Waals surface area contributed by atoms with E-state index >= 15 is 0 Å². The maximum absolute atomic E-state index is 13.6. The van der Waals surface area contributed by atoms with E-state index in [2.05, 4.69) is 5.32 Å². The smallest absolute Gasteiger partial charge is 0.323 e. The Morgan fingerprint density at radius 1 is 1.56 bits per heavy atom. The Hall–Kier alpha value is -1.93. The van der Waals surface area contributed by atoms with Crippen molar-refractivity contribution >= 4 is 5.97 Å². The van der Waals surface area contributed by atoms with Crippen molar-refractivity contribution in [3.8, 4) is 6.07 Å². The van der Waals surface area contributed by atoms with E-state index in [1.807, 2.05) is 6.07 Å². The Bertz CT molecular complexity index is 518. The monoisotopic (exact) mass is 248 g/mol. The van der Waals surface area contributed by atoms with Crippen LogP contribution >= 0.6 is 0 Å². The van der Waals surface area contributed by atoms with Gasteiger partial charge in [-0.2, -0.15) is 5.26 Å². The van der Waals surface area contributed by atoms with Gasteiger partial charge in [-0.3, -0.25) is 10.1 Å². The van der Waals surface area contributed by atoms with Gasteiger partial charge < -0.3 is 5.11 Å². The van der Waals surface area contributed by atoms with E-state index in [-0.39, 0.29) is 12.1 Å². The number of halogens is 1. The average molecular weight is 248 g/mol. The third-order valence-corrected chi connectivity index (χ3v) is 3.42. The molecule has 0 radical (unpaired) electrons. The molecule has 94 valence electrons. The van der Waals surface area contributed by atoms with Crippen LogP contribution in [0.25, 0.3) is 0 Å². The van der Waals surface area contributed by atoms with Crippen LogP contribution in [0.1, 0.15) is 30.4 Å². The molecule has 1 aromatic carbocycles. The van der Waals surface area contributed by atoms with Crippen molar-refractivity contribution < 1.29 is 14.3 Å². The number of carboxylic acids is 1. The maximum Gasteiger partial charge on any atom is 0.323 e. The van der Waals surface area contributed by atoms with Crippen LogP contribution in [0.2, 0.25) is 0 Å². The Balaban J connectivity index is 2.07. The Labute approximate surface area is 104 Å². The predicted octanol–water partition coefficient (Wildman–Crippen LogP) is 1.79. The van der Waals surface area contributed by atoms with Crippen LogP contribution in [0, 0.1) is 17.1 Å². The third kappa shape index (κ3) is 2.20. The summed E-state index contributed by atoms with van der Waals surface area (Å²) in [5.74, 6) is -1.37. The van der Waals surface area contributed by atoms with Crippen LogP contribution in [-0.2, 0) is 11.3 Å². The fraction of sp³-hybridized carbons (Fsp3) is 0.385. The highest BCUT2D eigenvalue weighted by molar-refractivity contribution is 5.79. The van der Waals surface area contributed by atoms with E-state index in [0.717, 1.165) is 12.5 Å². The van der Waals surface area contributed by atoms with Gasteiger partial charge in [-0.15, -0.1) is 0 Å². The van der Waals surface area contributed by atoms with Crippen molar-refractivity contribution in [1.29, 1.82) is 5.26 Å². The van der Waals surface area contributed by atoms with Crippen molar-refractivity contribution in [2.75, 3.05) is 0 Å². The molecule has 2 N–H and O–H groups in total. The van der Waals surface area contributed by atoms with Crippen molar-refractivity contribution in [3.63, 3.8) is 0 Å². The summed E-state index contributed by atoms with van der Waals surface area (Å²) < 4.78 is 13.6. The summed E-state index contributed by atoms with van der Waals surface area (Å²) in [7, 11) is 0. The van der Waals surface area contributed by atoms with Crippen LogP contribution in [0.4, 0.5) is 4.39 Å².